The first-order valence-corrected chi connectivity index (χ1v) is 8.13. The Balaban J connectivity index is 2.80. The van der Waals surface area contributed by atoms with Crippen molar-refractivity contribution in [2.24, 2.45) is 5.73 Å². The number of fused-ring (bicyclic) bond motifs is 1. The van der Waals surface area contributed by atoms with Crippen molar-refractivity contribution in [1.82, 2.24) is 4.57 Å². The van der Waals surface area contributed by atoms with Gasteiger partial charge in [0, 0.05) is 24.2 Å². The summed E-state index contributed by atoms with van der Waals surface area (Å²) in [7, 11) is 0. The molecular formula is C18H26N2O2. The normalized spacial score (nSPS) is 11.3. The largest absolute Gasteiger partial charge is 0.478 e. The highest BCUT2D eigenvalue weighted by Gasteiger charge is 2.20. The van der Waals surface area contributed by atoms with Gasteiger partial charge in [-0.05, 0) is 49.4 Å². The average molecular weight is 302 g/mol. The number of carbonyl (C=O) groups is 1. The van der Waals surface area contributed by atoms with Crippen LogP contribution in [0.3, 0.4) is 0 Å². The summed E-state index contributed by atoms with van der Waals surface area (Å²) >= 11 is 0. The fraction of sp³-hybridized carbons (Fsp3) is 0.500. The summed E-state index contributed by atoms with van der Waals surface area (Å²) in [6, 6.07) is 3.97. The molecule has 4 heteroatoms. The van der Waals surface area contributed by atoms with E-state index < -0.39 is 5.97 Å². The summed E-state index contributed by atoms with van der Waals surface area (Å²) in [5.41, 5.74) is 10.5. The molecule has 0 unspecified atom stereocenters. The molecule has 2 aromatic rings. The number of carboxylic acid groups (broad SMARTS) is 1. The highest BCUT2D eigenvalue weighted by molar-refractivity contribution is 6.04. The molecule has 0 atom stereocenters. The van der Waals surface area contributed by atoms with E-state index in [0.717, 1.165) is 47.8 Å². The lowest BCUT2D eigenvalue weighted by Gasteiger charge is -2.09. The molecule has 4 nitrogen and oxygen atoms in total. The van der Waals surface area contributed by atoms with Crippen LogP contribution < -0.4 is 5.73 Å². The Kier molecular flexibility index (Phi) is 5.24. The second kappa shape index (κ2) is 6.97. The molecule has 22 heavy (non-hydrogen) atoms. The molecular weight excluding hydrogens is 276 g/mol. The second-order valence-electron chi connectivity index (χ2n) is 5.81. The predicted octanol–water partition coefficient (Wildman–Crippen LogP) is 3.51. The number of benzene rings is 1. The Morgan fingerprint density at radius 1 is 1.32 bits per heavy atom. The summed E-state index contributed by atoms with van der Waals surface area (Å²) in [4.78, 5) is 11.7. The zero-order chi connectivity index (χ0) is 16.3. The molecule has 1 heterocycles. The van der Waals surface area contributed by atoms with Crippen LogP contribution in [-0.2, 0) is 19.4 Å². The van der Waals surface area contributed by atoms with E-state index in [-0.39, 0.29) is 0 Å². The van der Waals surface area contributed by atoms with E-state index in [9.17, 15) is 9.90 Å². The molecule has 0 bridgehead atoms. The topological polar surface area (TPSA) is 68.2 Å². The van der Waals surface area contributed by atoms with Crippen LogP contribution in [0.4, 0.5) is 0 Å². The van der Waals surface area contributed by atoms with Gasteiger partial charge in [0.15, 0.2) is 0 Å². The van der Waals surface area contributed by atoms with Gasteiger partial charge >= 0.3 is 5.97 Å². The SMILES string of the molecule is CCCCc1c(C)n(CCN)c2c(C(=O)O)cc(CC)cc12. The van der Waals surface area contributed by atoms with Crippen molar-refractivity contribution in [3.63, 3.8) is 0 Å². The third kappa shape index (κ3) is 2.88. The van der Waals surface area contributed by atoms with E-state index in [1.54, 1.807) is 6.07 Å². The van der Waals surface area contributed by atoms with Crippen LogP contribution in [0.25, 0.3) is 10.9 Å². The van der Waals surface area contributed by atoms with E-state index in [2.05, 4.69) is 31.4 Å². The lowest BCUT2D eigenvalue weighted by molar-refractivity contribution is 0.0698. The number of aryl methyl sites for hydroxylation is 2. The number of hydrogen-bond donors (Lipinski definition) is 2. The van der Waals surface area contributed by atoms with E-state index in [1.165, 1.54) is 5.56 Å². The number of nitrogens with zero attached hydrogens (tertiary/aromatic N) is 1. The van der Waals surface area contributed by atoms with Gasteiger partial charge in [-0.1, -0.05) is 20.3 Å². The molecule has 1 aromatic heterocycles. The number of hydrogen-bond acceptors (Lipinski definition) is 2. The van der Waals surface area contributed by atoms with Crippen molar-refractivity contribution >= 4 is 16.9 Å². The van der Waals surface area contributed by atoms with E-state index in [0.29, 0.717) is 18.7 Å². The summed E-state index contributed by atoms with van der Waals surface area (Å²) in [6.07, 6.45) is 4.07. The highest BCUT2D eigenvalue weighted by Crippen LogP contribution is 2.31. The van der Waals surface area contributed by atoms with Gasteiger partial charge in [-0.2, -0.15) is 0 Å². The summed E-state index contributed by atoms with van der Waals surface area (Å²) in [5, 5.41) is 10.7. The van der Waals surface area contributed by atoms with Crippen LogP contribution in [0.5, 0.6) is 0 Å². The summed E-state index contributed by atoms with van der Waals surface area (Å²) in [5.74, 6) is -0.863. The zero-order valence-electron chi connectivity index (χ0n) is 13.8. The molecule has 0 aliphatic heterocycles. The minimum atomic E-state index is -0.863. The van der Waals surface area contributed by atoms with Crippen LogP contribution in [-0.4, -0.2) is 22.2 Å². The average Bonchev–Trinajstić information content (AvgIpc) is 2.77. The van der Waals surface area contributed by atoms with Crippen molar-refractivity contribution in [2.75, 3.05) is 6.54 Å². The van der Waals surface area contributed by atoms with Gasteiger partial charge in [0.1, 0.15) is 0 Å². The molecule has 2 rings (SSSR count). The molecule has 0 aliphatic rings. The van der Waals surface area contributed by atoms with Crippen molar-refractivity contribution < 1.29 is 9.90 Å². The monoisotopic (exact) mass is 302 g/mol. The van der Waals surface area contributed by atoms with Crippen LogP contribution in [0.15, 0.2) is 12.1 Å². The minimum Gasteiger partial charge on any atom is -0.478 e. The van der Waals surface area contributed by atoms with Crippen LogP contribution in [0.1, 0.15) is 53.9 Å². The lowest BCUT2D eigenvalue weighted by atomic mass is 9.99. The Labute approximate surface area is 131 Å². The zero-order valence-corrected chi connectivity index (χ0v) is 13.8. The number of rotatable bonds is 7. The van der Waals surface area contributed by atoms with Crippen LogP contribution >= 0.6 is 0 Å². The molecule has 0 saturated carbocycles. The summed E-state index contributed by atoms with van der Waals surface area (Å²) < 4.78 is 2.09. The number of nitrogens with two attached hydrogens (primary N) is 1. The van der Waals surface area contributed by atoms with Gasteiger partial charge in [0.05, 0.1) is 11.1 Å². The van der Waals surface area contributed by atoms with Gasteiger partial charge in [-0.15, -0.1) is 0 Å². The molecule has 0 radical (unpaired) electrons. The van der Waals surface area contributed by atoms with Crippen LogP contribution in [0.2, 0.25) is 0 Å². The first-order valence-electron chi connectivity index (χ1n) is 8.13. The maximum atomic E-state index is 11.7. The smallest absolute Gasteiger partial charge is 0.337 e. The lowest BCUT2D eigenvalue weighted by Crippen LogP contribution is -2.13. The number of aromatic carboxylic acids is 1. The quantitative estimate of drug-likeness (QED) is 0.822. The van der Waals surface area contributed by atoms with Crippen LogP contribution in [0, 0.1) is 6.92 Å². The maximum Gasteiger partial charge on any atom is 0.337 e. The van der Waals surface area contributed by atoms with Crippen molar-refractivity contribution in [2.45, 2.75) is 53.0 Å². The first kappa shape index (κ1) is 16.6. The van der Waals surface area contributed by atoms with Crippen molar-refractivity contribution in [3.05, 3.63) is 34.5 Å². The Morgan fingerprint density at radius 3 is 2.59 bits per heavy atom. The van der Waals surface area contributed by atoms with Gasteiger partial charge in [-0.3, -0.25) is 0 Å². The molecule has 3 N–H and O–H groups in total. The predicted molar refractivity (Wildman–Crippen MR) is 90.7 cm³/mol. The van der Waals surface area contributed by atoms with Gasteiger partial charge in [-0.25, -0.2) is 4.79 Å². The molecule has 1 aromatic carbocycles. The highest BCUT2D eigenvalue weighted by atomic mass is 16.4. The summed E-state index contributed by atoms with van der Waals surface area (Å²) in [6.45, 7) is 7.47. The molecule has 120 valence electrons. The Morgan fingerprint density at radius 2 is 2.05 bits per heavy atom. The molecule has 0 fully saturated rings. The van der Waals surface area contributed by atoms with Gasteiger partial charge < -0.3 is 15.4 Å². The third-order valence-corrected chi connectivity index (χ3v) is 4.38. The second-order valence-corrected chi connectivity index (χ2v) is 5.81. The number of carboxylic acids is 1. The molecule has 0 amide bonds. The van der Waals surface area contributed by atoms with Crippen molar-refractivity contribution in [3.8, 4) is 0 Å². The number of aromatic nitrogens is 1. The standard InChI is InChI=1S/C18H26N2O2/c1-4-6-7-14-12(3)20(9-8-19)17-15(14)10-13(5-2)11-16(17)18(21)22/h10-11H,4-9,19H2,1-3H3,(H,21,22). The maximum absolute atomic E-state index is 11.7. The molecule has 0 spiro atoms. The first-order chi connectivity index (χ1) is 10.5. The Hall–Kier alpha value is -1.81. The van der Waals surface area contributed by atoms with Crippen molar-refractivity contribution in [1.29, 1.82) is 0 Å². The third-order valence-electron chi connectivity index (χ3n) is 4.38. The number of unbranched alkanes of at least 4 members (excludes halogenated alkanes) is 1. The van der Waals surface area contributed by atoms with E-state index >= 15 is 0 Å². The fourth-order valence-corrected chi connectivity index (χ4v) is 3.19. The molecule has 0 saturated heterocycles. The van der Waals surface area contributed by atoms with E-state index in [4.69, 9.17) is 5.73 Å². The van der Waals surface area contributed by atoms with E-state index in [1.807, 2.05) is 0 Å². The Bertz CT molecular complexity index is 686. The molecule has 0 aliphatic carbocycles. The van der Waals surface area contributed by atoms with Gasteiger partial charge in [0.25, 0.3) is 0 Å². The van der Waals surface area contributed by atoms with Gasteiger partial charge in [0.2, 0.25) is 0 Å². The minimum absolute atomic E-state index is 0.397. The fourth-order valence-electron chi connectivity index (χ4n) is 3.19.